The zero-order valence-electron chi connectivity index (χ0n) is 6.26. The van der Waals surface area contributed by atoms with Gasteiger partial charge in [-0.3, -0.25) is 0 Å². The molecule has 0 aromatic carbocycles. The largest absolute Gasteiger partial charge is 0.616 e. The summed E-state index contributed by atoms with van der Waals surface area (Å²) in [6, 6.07) is 0. The monoisotopic (exact) mass is 146 g/mol. The van der Waals surface area contributed by atoms with Crippen LogP contribution in [0, 0.1) is 0 Å². The average molecular weight is 146 g/mol. The number of rotatable bonds is 3. The molecule has 9 heavy (non-hydrogen) atoms. The third kappa shape index (κ3) is 4.55. The van der Waals surface area contributed by atoms with E-state index in [9.17, 15) is 4.55 Å². The minimum atomic E-state index is -0.658. The van der Waals surface area contributed by atoms with Crippen LogP contribution in [0.4, 0.5) is 0 Å². The normalized spacial score (nSPS) is 15.2. The zero-order valence-corrected chi connectivity index (χ0v) is 7.07. The predicted molar refractivity (Wildman–Crippen MR) is 43.0 cm³/mol. The molecule has 0 amide bonds. The van der Waals surface area contributed by atoms with Crippen molar-refractivity contribution in [2.24, 2.45) is 0 Å². The van der Waals surface area contributed by atoms with Crippen LogP contribution in [0.3, 0.4) is 0 Å². The molecule has 0 N–H and O–H groups in total. The van der Waals surface area contributed by atoms with E-state index in [4.69, 9.17) is 0 Å². The molecule has 0 aliphatic rings. The minimum Gasteiger partial charge on any atom is -0.616 e. The van der Waals surface area contributed by atoms with Crippen molar-refractivity contribution in [1.29, 1.82) is 0 Å². The Balaban J connectivity index is 3.38. The topological polar surface area (TPSA) is 23.1 Å². The molecular formula is C7H14OS. The molecule has 0 heterocycles. The van der Waals surface area contributed by atoms with Gasteiger partial charge < -0.3 is 4.55 Å². The van der Waals surface area contributed by atoms with Gasteiger partial charge in [0.15, 0.2) is 0 Å². The van der Waals surface area contributed by atoms with Crippen LogP contribution in [0.2, 0.25) is 0 Å². The number of hydrogen-bond acceptors (Lipinski definition) is 1. The second-order valence-electron chi connectivity index (χ2n) is 2.17. The van der Waals surface area contributed by atoms with Crippen molar-refractivity contribution in [2.45, 2.75) is 26.0 Å². The summed E-state index contributed by atoms with van der Waals surface area (Å²) in [5, 5.41) is 0.293. The Morgan fingerprint density at radius 2 is 2.11 bits per heavy atom. The van der Waals surface area contributed by atoms with Crippen LogP contribution >= 0.6 is 0 Å². The summed E-state index contributed by atoms with van der Waals surface area (Å²) < 4.78 is 11.0. The van der Waals surface area contributed by atoms with Crippen LogP contribution in [0.5, 0.6) is 0 Å². The van der Waals surface area contributed by atoms with Gasteiger partial charge >= 0.3 is 0 Å². The van der Waals surface area contributed by atoms with Crippen molar-refractivity contribution in [3.63, 3.8) is 0 Å². The van der Waals surface area contributed by atoms with E-state index in [2.05, 4.69) is 0 Å². The van der Waals surface area contributed by atoms with E-state index in [1.54, 1.807) is 0 Å². The minimum absolute atomic E-state index is 0.293. The van der Waals surface area contributed by atoms with Crippen molar-refractivity contribution in [3.05, 3.63) is 12.2 Å². The Hall–Kier alpha value is 0.0500. The maximum atomic E-state index is 11.0. The van der Waals surface area contributed by atoms with Crippen LogP contribution in [0.15, 0.2) is 12.2 Å². The van der Waals surface area contributed by atoms with Gasteiger partial charge in [-0.1, -0.05) is 6.08 Å². The van der Waals surface area contributed by atoms with Crippen molar-refractivity contribution >= 4 is 11.2 Å². The van der Waals surface area contributed by atoms with Crippen molar-refractivity contribution < 1.29 is 4.55 Å². The second kappa shape index (κ2) is 4.89. The Labute approximate surface area is 60.3 Å². The zero-order chi connectivity index (χ0) is 7.28. The van der Waals surface area contributed by atoms with E-state index < -0.39 is 11.2 Å². The lowest BCUT2D eigenvalue weighted by Crippen LogP contribution is -2.16. The molecule has 1 unspecified atom stereocenters. The Kier molecular flexibility index (Phi) is 4.91. The van der Waals surface area contributed by atoms with Gasteiger partial charge in [0.25, 0.3) is 0 Å². The third-order valence-corrected chi connectivity index (χ3v) is 2.59. The van der Waals surface area contributed by atoms with Crippen molar-refractivity contribution in [2.75, 3.05) is 5.75 Å². The quantitative estimate of drug-likeness (QED) is 0.439. The smallest absolute Gasteiger partial charge is 0.124 e. The van der Waals surface area contributed by atoms with E-state index in [1.807, 2.05) is 32.9 Å². The highest BCUT2D eigenvalue weighted by atomic mass is 32.2. The van der Waals surface area contributed by atoms with Crippen molar-refractivity contribution in [1.82, 2.24) is 0 Å². The fraction of sp³-hybridized carbons (Fsp3) is 0.714. The maximum Gasteiger partial charge on any atom is 0.124 e. The summed E-state index contributed by atoms with van der Waals surface area (Å²) in [5.74, 6) is 0.703. The molecule has 0 fully saturated rings. The Morgan fingerprint density at radius 1 is 1.56 bits per heavy atom. The van der Waals surface area contributed by atoms with E-state index in [0.29, 0.717) is 11.0 Å². The van der Waals surface area contributed by atoms with E-state index in [-0.39, 0.29) is 0 Å². The molecule has 0 spiro atoms. The summed E-state index contributed by atoms with van der Waals surface area (Å²) >= 11 is -0.658. The van der Waals surface area contributed by atoms with Gasteiger partial charge in [0.2, 0.25) is 0 Å². The van der Waals surface area contributed by atoms with Gasteiger partial charge in [0.1, 0.15) is 11.0 Å². The highest BCUT2D eigenvalue weighted by Gasteiger charge is 2.06. The molecule has 0 radical (unpaired) electrons. The second-order valence-corrected chi connectivity index (χ2v) is 4.20. The molecular weight excluding hydrogens is 132 g/mol. The SMILES string of the molecule is CC=CC[S+]([O-])C(C)C. The number of hydrogen-bond donors (Lipinski definition) is 0. The molecule has 54 valence electrons. The van der Waals surface area contributed by atoms with Crippen LogP contribution in [-0.2, 0) is 11.2 Å². The van der Waals surface area contributed by atoms with Gasteiger partial charge in [-0.15, -0.1) is 0 Å². The Morgan fingerprint density at radius 3 is 2.44 bits per heavy atom. The fourth-order valence-corrected chi connectivity index (χ4v) is 1.15. The summed E-state index contributed by atoms with van der Waals surface area (Å²) in [6.07, 6.45) is 3.87. The third-order valence-electron chi connectivity index (χ3n) is 1.02. The molecule has 2 heteroatoms. The van der Waals surface area contributed by atoms with Gasteiger partial charge in [-0.25, -0.2) is 0 Å². The molecule has 0 rings (SSSR count). The number of allylic oxidation sites excluding steroid dienone is 1. The highest BCUT2D eigenvalue weighted by Crippen LogP contribution is 2.00. The standard InChI is InChI=1S/C7H14OS/c1-4-5-6-9(8)7(2)3/h4-5,7H,6H2,1-3H3. The van der Waals surface area contributed by atoms with E-state index in [1.165, 1.54) is 0 Å². The first kappa shape index (κ1) is 9.05. The van der Waals surface area contributed by atoms with Crippen LogP contribution < -0.4 is 0 Å². The first-order chi connectivity index (χ1) is 4.18. The molecule has 0 bridgehead atoms. The molecule has 0 saturated heterocycles. The molecule has 1 atom stereocenters. The Bertz CT molecular complexity index is 88.9. The van der Waals surface area contributed by atoms with E-state index in [0.717, 1.165) is 0 Å². The first-order valence-corrected chi connectivity index (χ1v) is 4.55. The lowest BCUT2D eigenvalue weighted by atomic mass is 10.6. The fourth-order valence-electron chi connectivity index (χ4n) is 0.384. The lowest BCUT2D eigenvalue weighted by molar-refractivity contribution is 0.589. The summed E-state index contributed by atoms with van der Waals surface area (Å²) in [5.41, 5.74) is 0. The first-order valence-electron chi connectivity index (χ1n) is 3.16. The van der Waals surface area contributed by atoms with Gasteiger partial charge in [0.05, 0.1) is 0 Å². The summed E-state index contributed by atoms with van der Waals surface area (Å²) in [4.78, 5) is 0. The summed E-state index contributed by atoms with van der Waals surface area (Å²) in [7, 11) is 0. The van der Waals surface area contributed by atoms with E-state index >= 15 is 0 Å². The van der Waals surface area contributed by atoms with Gasteiger partial charge in [-0.05, 0) is 38.0 Å². The average Bonchev–Trinajstić information content (AvgIpc) is 1.82. The molecule has 0 aromatic rings. The van der Waals surface area contributed by atoms with Crippen LogP contribution in [0.1, 0.15) is 20.8 Å². The predicted octanol–water partition coefficient (Wildman–Crippen LogP) is 1.72. The van der Waals surface area contributed by atoms with Gasteiger partial charge in [0, 0.05) is 0 Å². The van der Waals surface area contributed by atoms with Crippen LogP contribution in [-0.4, -0.2) is 15.6 Å². The molecule has 0 saturated carbocycles. The lowest BCUT2D eigenvalue weighted by Gasteiger charge is -2.11. The molecule has 0 aromatic heterocycles. The van der Waals surface area contributed by atoms with Crippen molar-refractivity contribution in [3.8, 4) is 0 Å². The van der Waals surface area contributed by atoms with Gasteiger partial charge in [-0.2, -0.15) is 0 Å². The molecule has 0 aliphatic heterocycles. The highest BCUT2D eigenvalue weighted by molar-refractivity contribution is 7.92. The summed E-state index contributed by atoms with van der Waals surface area (Å²) in [6.45, 7) is 5.89. The molecule has 0 aliphatic carbocycles. The molecule has 1 nitrogen and oxygen atoms in total. The maximum absolute atomic E-state index is 11.0. The van der Waals surface area contributed by atoms with Crippen LogP contribution in [0.25, 0.3) is 0 Å².